The van der Waals surface area contributed by atoms with Crippen LogP contribution in [0, 0.1) is 6.92 Å². The third kappa shape index (κ3) is 3.94. The fraction of sp³-hybridized carbons (Fsp3) is 0.412. The average molecular weight is 285 g/mol. The number of carbonyl (C=O) groups excluding carboxylic acids is 1. The van der Waals surface area contributed by atoms with E-state index in [1.807, 2.05) is 26.0 Å². The highest BCUT2D eigenvalue weighted by Crippen LogP contribution is 2.14. The van der Waals surface area contributed by atoms with E-state index in [9.17, 15) is 4.79 Å². The zero-order valence-corrected chi connectivity index (χ0v) is 13.0. The number of amides is 1. The quantitative estimate of drug-likeness (QED) is 0.877. The van der Waals surface area contributed by atoms with Crippen molar-refractivity contribution in [1.29, 1.82) is 0 Å². The van der Waals surface area contributed by atoms with Crippen LogP contribution in [0.25, 0.3) is 0 Å². The van der Waals surface area contributed by atoms with Gasteiger partial charge in [-0.25, -0.2) is 0 Å². The van der Waals surface area contributed by atoms with Crippen molar-refractivity contribution in [3.05, 3.63) is 47.3 Å². The Morgan fingerprint density at radius 2 is 1.95 bits per heavy atom. The first-order valence-electron chi connectivity index (χ1n) is 7.58. The highest BCUT2D eigenvalue weighted by Gasteiger charge is 2.13. The molecule has 1 aromatic carbocycles. The summed E-state index contributed by atoms with van der Waals surface area (Å²) in [6.07, 6.45) is 5.27. The number of rotatable bonds is 6. The number of anilines is 1. The molecule has 1 heterocycles. The van der Waals surface area contributed by atoms with Crippen LogP contribution >= 0.6 is 0 Å². The maximum Gasteiger partial charge on any atom is 0.259 e. The Labute approximate surface area is 126 Å². The fourth-order valence-corrected chi connectivity index (χ4v) is 2.24. The Bertz CT molecular complexity index is 599. The molecule has 4 heteroatoms. The van der Waals surface area contributed by atoms with Crippen molar-refractivity contribution in [2.45, 2.75) is 46.6 Å². The molecule has 0 aliphatic rings. The lowest BCUT2D eigenvalue weighted by atomic mass is 10.1. The van der Waals surface area contributed by atoms with Gasteiger partial charge in [-0.2, -0.15) is 5.10 Å². The molecule has 2 rings (SSSR count). The smallest absolute Gasteiger partial charge is 0.259 e. The van der Waals surface area contributed by atoms with Crippen molar-refractivity contribution in [2.24, 2.45) is 0 Å². The van der Waals surface area contributed by atoms with Gasteiger partial charge < -0.3 is 5.32 Å². The highest BCUT2D eigenvalue weighted by molar-refractivity contribution is 6.04. The average Bonchev–Trinajstić information content (AvgIpc) is 2.88. The second kappa shape index (κ2) is 7.07. The number of nitrogens with zero attached hydrogens (tertiary/aromatic N) is 2. The van der Waals surface area contributed by atoms with Crippen LogP contribution in [-0.4, -0.2) is 15.7 Å². The van der Waals surface area contributed by atoms with Gasteiger partial charge in [0.05, 0.1) is 11.3 Å². The summed E-state index contributed by atoms with van der Waals surface area (Å²) in [5.74, 6) is -0.103. The lowest BCUT2D eigenvalue weighted by molar-refractivity contribution is 0.102. The van der Waals surface area contributed by atoms with Gasteiger partial charge >= 0.3 is 0 Å². The number of hydrogen-bond donors (Lipinski definition) is 1. The first kappa shape index (κ1) is 15.3. The molecule has 0 spiro atoms. The normalized spacial score (nSPS) is 10.6. The molecule has 0 aliphatic carbocycles. The first-order chi connectivity index (χ1) is 10.1. The van der Waals surface area contributed by atoms with E-state index in [4.69, 9.17) is 0 Å². The zero-order valence-electron chi connectivity index (χ0n) is 13.0. The van der Waals surface area contributed by atoms with Crippen molar-refractivity contribution in [3.63, 3.8) is 0 Å². The van der Waals surface area contributed by atoms with E-state index >= 15 is 0 Å². The first-order valence-corrected chi connectivity index (χ1v) is 7.58. The van der Waals surface area contributed by atoms with E-state index in [-0.39, 0.29) is 5.91 Å². The molecule has 0 fully saturated rings. The number of nitrogens with one attached hydrogen (secondary N) is 1. The van der Waals surface area contributed by atoms with E-state index in [0.29, 0.717) is 5.56 Å². The molecular weight excluding hydrogens is 262 g/mol. The second-order valence-electron chi connectivity index (χ2n) is 5.24. The molecule has 1 N–H and O–H groups in total. The van der Waals surface area contributed by atoms with Gasteiger partial charge in [0.1, 0.15) is 0 Å². The number of benzene rings is 1. The van der Waals surface area contributed by atoms with Gasteiger partial charge in [-0.15, -0.1) is 0 Å². The van der Waals surface area contributed by atoms with Gasteiger partial charge in [-0.3, -0.25) is 9.48 Å². The lowest BCUT2D eigenvalue weighted by Gasteiger charge is -2.06. The minimum Gasteiger partial charge on any atom is -0.322 e. The zero-order chi connectivity index (χ0) is 15.2. The molecule has 21 heavy (non-hydrogen) atoms. The van der Waals surface area contributed by atoms with Crippen molar-refractivity contribution in [2.75, 3.05) is 5.32 Å². The minimum atomic E-state index is -0.103. The topological polar surface area (TPSA) is 46.9 Å². The standard InChI is InChI=1S/C17H23N3O/c1-4-6-7-14-8-10-15(11-9-14)18-17(21)16-12-20(5-2)19-13(16)3/h8-12H,4-7H2,1-3H3,(H,18,21). The largest absolute Gasteiger partial charge is 0.322 e. The van der Waals surface area contributed by atoms with E-state index in [0.717, 1.165) is 24.3 Å². The van der Waals surface area contributed by atoms with Crippen molar-refractivity contribution in [1.82, 2.24) is 9.78 Å². The molecule has 1 aromatic heterocycles. The monoisotopic (exact) mass is 285 g/mol. The van der Waals surface area contributed by atoms with Crippen LogP contribution in [-0.2, 0) is 13.0 Å². The summed E-state index contributed by atoms with van der Waals surface area (Å²) in [5, 5.41) is 7.22. The van der Waals surface area contributed by atoms with E-state index < -0.39 is 0 Å². The van der Waals surface area contributed by atoms with E-state index in [1.54, 1.807) is 10.9 Å². The minimum absolute atomic E-state index is 0.103. The molecular formula is C17H23N3O. The molecule has 0 saturated carbocycles. The van der Waals surface area contributed by atoms with Crippen LogP contribution in [0.4, 0.5) is 5.69 Å². The third-order valence-electron chi connectivity index (χ3n) is 3.55. The van der Waals surface area contributed by atoms with Gasteiger partial charge in [-0.05, 0) is 44.4 Å². The summed E-state index contributed by atoms with van der Waals surface area (Å²) in [5.41, 5.74) is 3.52. The van der Waals surface area contributed by atoms with E-state index in [2.05, 4.69) is 29.5 Å². The van der Waals surface area contributed by atoms with Crippen LogP contribution in [0.1, 0.15) is 48.3 Å². The van der Waals surface area contributed by atoms with Gasteiger partial charge in [0.15, 0.2) is 0 Å². The van der Waals surface area contributed by atoms with E-state index in [1.165, 1.54) is 18.4 Å². The summed E-state index contributed by atoms with van der Waals surface area (Å²) in [6.45, 7) is 6.81. The lowest BCUT2D eigenvalue weighted by Crippen LogP contribution is -2.12. The Morgan fingerprint density at radius 1 is 1.24 bits per heavy atom. The Morgan fingerprint density at radius 3 is 2.52 bits per heavy atom. The van der Waals surface area contributed by atoms with Gasteiger partial charge in [0, 0.05) is 18.4 Å². The summed E-state index contributed by atoms with van der Waals surface area (Å²) < 4.78 is 1.78. The van der Waals surface area contributed by atoms with Crippen LogP contribution in [0.15, 0.2) is 30.5 Å². The predicted octanol–water partition coefficient (Wildman–Crippen LogP) is 3.81. The molecule has 0 atom stereocenters. The highest BCUT2D eigenvalue weighted by atomic mass is 16.1. The summed E-state index contributed by atoms with van der Waals surface area (Å²) in [7, 11) is 0. The van der Waals surface area contributed by atoms with Crippen LogP contribution in [0.5, 0.6) is 0 Å². The van der Waals surface area contributed by atoms with Crippen LogP contribution in [0.3, 0.4) is 0 Å². The Hall–Kier alpha value is -2.10. The third-order valence-corrected chi connectivity index (χ3v) is 3.55. The molecule has 4 nitrogen and oxygen atoms in total. The number of aromatic nitrogens is 2. The molecule has 0 saturated heterocycles. The Kier molecular flexibility index (Phi) is 5.14. The number of carbonyl (C=O) groups is 1. The maximum absolute atomic E-state index is 12.3. The summed E-state index contributed by atoms with van der Waals surface area (Å²) in [6, 6.07) is 8.08. The molecule has 0 aliphatic heterocycles. The molecule has 0 radical (unpaired) electrons. The van der Waals surface area contributed by atoms with Crippen molar-refractivity contribution >= 4 is 11.6 Å². The van der Waals surface area contributed by atoms with Gasteiger partial charge in [0.2, 0.25) is 0 Å². The van der Waals surface area contributed by atoms with Crippen LogP contribution in [0.2, 0.25) is 0 Å². The molecule has 1 amide bonds. The predicted molar refractivity (Wildman–Crippen MR) is 85.6 cm³/mol. The maximum atomic E-state index is 12.3. The molecule has 0 bridgehead atoms. The summed E-state index contributed by atoms with van der Waals surface area (Å²) in [4.78, 5) is 12.3. The van der Waals surface area contributed by atoms with Crippen LogP contribution < -0.4 is 5.32 Å². The summed E-state index contributed by atoms with van der Waals surface area (Å²) >= 11 is 0. The van der Waals surface area contributed by atoms with Gasteiger partial charge in [-0.1, -0.05) is 25.5 Å². The molecule has 2 aromatic rings. The SMILES string of the molecule is CCCCc1ccc(NC(=O)c2cn(CC)nc2C)cc1. The molecule has 0 unspecified atom stereocenters. The van der Waals surface area contributed by atoms with Crippen molar-refractivity contribution < 1.29 is 4.79 Å². The second-order valence-corrected chi connectivity index (χ2v) is 5.24. The Balaban J connectivity index is 2.03. The number of hydrogen-bond acceptors (Lipinski definition) is 2. The number of unbranched alkanes of at least 4 members (excludes halogenated alkanes) is 1. The molecule has 112 valence electrons. The fourth-order valence-electron chi connectivity index (χ4n) is 2.24. The van der Waals surface area contributed by atoms with Gasteiger partial charge in [0.25, 0.3) is 5.91 Å². The number of aryl methyl sites for hydroxylation is 3. The van der Waals surface area contributed by atoms with Crippen molar-refractivity contribution in [3.8, 4) is 0 Å².